The van der Waals surface area contributed by atoms with Gasteiger partial charge < -0.3 is 5.32 Å². The Morgan fingerprint density at radius 3 is 2.72 bits per heavy atom. The molecule has 1 amide bonds. The fraction of sp³-hybridized carbons (Fsp3) is 0.500. The number of amides is 1. The molecule has 6 nitrogen and oxygen atoms in total. The molecule has 0 saturated carbocycles. The molecule has 0 fully saturated rings. The van der Waals surface area contributed by atoms with E-state index in [4.69, 9.17) is 0 Å². The lowest BCUT2D eigenvalue weighted by Gasteiger charge is -2.17. The van der Waals surface area contributed by atoms with Gasteiger partial charge in [-0.2, -0.15) is 0 Å². The molecule has 2 rings (SSSR count). The number of nitrogens with one attached hydrogen (secondary N) is 2. The van der Waals surface area contributed by atoms with Gasteiger partial charge >= 0.3 is 5.69 Å². The van der Waals surface area contributed by atoms with E-state index in [-0.39, 0.29) is 16.8 Å². The highest BCUT2D eigenvalue weighted by atomic mass is 32.2. The van der Waals surface area contributed by atoms with Crippen molar-refractivity contribution in [3.8, 4) is 0 Å². The van der Waals surface area contributed by atoms with Crippen LogP contribution in [0.4, 0.5) is 5.69 Å². The van der Waals surface area contributed by atoms with Gasteiger partial charge in [-0.25, -0.2) is 9.89 Å². The Labute approximate surface area is 152 Å². The lowest BCUT2D eigenvalue weighted by atomic mass is 9.97. The third-order valence-corrected chi connectivity index (χ3v) is 5.27. The van der Waals surface area contributed by atoms with Gasteiger partial charge in [0.1, 0.15) is 0 Å². The van der Waals surface area contributed by atoms with Crippen LogP contribution in [0.25, 0.3) is 0 Å². The smallest absolute Gasteiger partial charge is 0.325 e. The van der Waals surface area contributed by atoms with Crippen LogP contribution in [0, 0.1) is 0 Å². The highest BCUT2D eigenvalue weighted by Gasteiger charge is 2.20. The number of hydrogen-bond donors (Lipinski definition) is 2. The molecular weight excluding hydrogens is 336 g/mol. The molecule has 2 N–H and O–H groups in total. The number of carbonyl (C=O) groups is 1. The predicted octanol–water partition coefficient (Wildman–Crippen LogP) is 3.61. The van der Waals surface area contributed by atoms with Crippen LogP contribution in [-0.4, -0.2) is 25.9 Å². The monoisotopic (exact) mass is 362 g/mol. The first-order valence-corrected chi connectivity index (χ1v) is 9.57. The van der Waals surface area contributed by atoms with Gasteiger partial charge in [0.25, 0.3) is 0 Å². The largest absolute Gasteiger partial charge is 0.343 e. The average Bonchev–Trinajstić information content (AvgIpc) is 2.95. The number of H-pyrrole nitrogens is 1. The molecule has 2 aromatic rings. The van der Waals surface area contributed by atoms with Gasteiger partial charge in [-0.05, 0) is 37.3 Å². The number of aromatic nitrogens is 3. The Kier molecular flexibility index (Phi) is 6.87. The third-order valence-electron chi connectivity index (χ3n) is 4.18. The summed E-state index contributed by atoms with van der Waals surface area (Å²) in [7, 11) is 0. The molecule has 0 spiro atoms. The number of aromatic amines is 1. The first kappa shape index (κ1) is 19.3. The molecule has 1 aromatic heterocycles. The summed E-state index contributed by atoms with van der Waals surface area (Å²) in [4.78, 5) is 24.4. The van der Waals surface area contributed by atoms with Crippen molar-refractivity contribution in [1.82, 2.24) is 14.8 Å². The van der Waals surface area contributed by atoms with E-state index in [9.17, 15) is 9.59 Å². The van der Waals surface area contributed by atoms with Gasteiger partial charge in [-0.3, -0.25) is 9.36 Å². The highest BCUT2D eigenvalue weighted by Crippen LogP contribution is 2.28. The number of anilines is 1. The topological polar surface area (TPSA) is 79.8 Å². The summed E-state index contributed by atoms with van der Waals surface area (Å²) in [6.45, 7) is 8.68. The Morgan fingerprint density at radius 2 is 2.04 bits per heavy atom. The second-order valence-corrected chi connectivity index (χ2v) is 7.42. The Bertz CT molecular complexity index is 768. The summed E-state index contributed by atoms with van der Waals surface area (Å²) < 4.78 is 1.57. The minimum atomic E-state index is -0.365. The molecule has 0 aliphatic rings. The zero-order valence-electron chi connectivity index (χ0n) is 15.2. The van der Waals surface area contributed by atoms with Gasteiger partial charge in [-0.1, -0.05) is 50.7 Å². The first-order chi connectivity index (χ1) is 12.0. The molecule has 0 radical (unpaired) electrons. The maximum atomic E-state index is 12.6. The second-order valence-electron chi connectivity index (χ2n) is 6.11. The van der Waals surface area contributed by atoms with Crippen molar-refractivity contribution in [1.29, 1.82) is 0 Å². The Morgan fingerprint density at radius 1 is 1.32 bits per heavy atom. The van der Waals surface area contributed by atoms with Crippen LogP contribution in [-0.2, 0) is 11.3 Å². The van der Waals surface area contributed by atoms with E-state index in [0.717, 1.165) is 24.1 Å². The number of benzene rings is 1. The van der Waals surface area contributed by atoms with Gasteiger partial charge in [0, 0.05) is 12.2 Å². The Balaban J connectivity index is 2.10. The third kappa shape index (κ3) is 4.75. The van der Waals surface area contributed by atoms with E-state index in [1.54, 1.807) is 4.57 Å². The SMILES string of the molecule is CCCn1c(S[C@H](C)C(=O)Nc2ccccc2[C@@H](C)CC)n[nH]c1=O. The van der Waals surface area contributed by atoms with Crippen LogP contribution in [0.5, 0.6) is 0 Å². The molecule has 0 bridgehead atoms. The van der Waals surface area contributed by atoms with E-state index in [1.807, 2.05) is 38.1 Å². The van der Waals surface area contributed by atoms with Crippen LogP contribution in [0.15, 0.2) is 34.2 Å². The normalized spacial score (nSPS) is 13.4. The van der Waals surface area contributed by atoms with Crippen molar-refractivity contribution >= 4 is 23.4 Å². The van der Waals surface area contributed by atoms with Gasteiger partial charge in [0.05, 0.1) is 5.25 Å². The zero-order chi connectivity index (χ0) is 18.4. The second kappa shape index (κ2) is 8.89. The van der Waals surface area contributed by atoms with Crippen LogP contribution < -0.4 is 11.0 Å². The van der Waals surface area contributed by atoms with Gasteiger partial charge in [0.15, 0.2) is 5.16 Å². The first-order valence-electron chi connectivity index (χ1n) is 8.69. The summed E-state index contributed by atoms with van der Waals surface area (Å²) in [5.74, 6) is 0.278. The van der Waals surface area contributed by atoms with E-state index in [1.165, 1.54) is 11.8 Å². The van der Waals surface area contributed by atoms with Crippen molar-refractivity contribution in [2.24, 2.45) is 0 Å². The summed E-state index contributed by atoms with van der Waals surface area (Å²) >= 11 is 1.29. The van der Waals surface area contributed by atoms with E-state index in [2.05, 4.69) is 29.4 Å². The molecule has 0 unspecified atom stereocenters. The predicted molar refractivity (Wildman–Crippen MR) is 102 cm³/mol. The van der Waals surface area contributed by atoms with Crippen LogP contribution in [0.1, 0.15) is 52.0 Å². The number of nitrogens with zero attached hydrogens (tertiary/aromatic N) is 2. The molecule has 0 aliphatic heterocycles. The molecular formula is C18H26N4O2S. The molecule has 0 saturated heterocycles. The lowest BCUT2D eigenvalue weighted by Crippen LogP contribution is -2.24. The quantitative estimate of drug-likeness (QED) is 0.703. The molecule has 1 aromatic carbocycles. The highest BCUT2D eigenvalue weighted by molar-refractivity contribution is 8.00. The molecule has 7 heteroatoms. The molecule has 1 heterocycles. The van der Waals surface area contributed by atoms with Crippen molar-refractivity contribution in [3.63, 3.8) is 0 Å². The van der Waals surface area contributed by atoms with E-state index < -0.39 is 0 Å². The zero-order valence-corrected chi connectivity index (χ0v) is 16.0. The molecule has 136 valence electrons. The van der Waals surface area contributed by atoms with Crippen molar-refractivity contribution in [3.05, 3.63) is 40.3 Å². The number of thioether (sulfide) groups is 1. The number of carbonyl (C=O) groups excluding carboxylic acids is 1. The average molecular weight is 362 g/mol. The number of rotatable bonds is 8. The van der Waals surface area contributed by atoms with Crippen LogP contribution in [0.3, 0.4) is 0 Å². The van der Waals surface area contributed by atoms with E-state index >= 15 is 0 Å². The Hall–Kier alpha value is -2.02. The summed E-state index contributed by atoms with van der Waals surface area (Å²) in [5.41, 5.74) is 1.75. The van der Waals surface area contributed by atoms with Crippen molar-refractivity contribution in [2.45, 2.75) is 63.4 Å². The maximum Gasteiger partial charge on any atom is 0.343 e. The van der Waals surface area contributed by atoms with Crippen LogP contribution in [0.2, 0.25) is 0 Å². The maximum absolute atomic E-state index is 12.6. The summed E-state index contributed by atoms with van der Waals surface area (Å²) in [6.07, 6.45) is 1.84. The number of para-hydroxylation sites is 1. The van der Waals surface area contributed by atoms with E-state index in [0.29, 0.717) is 17.6 Å². The minimum Gasteiger partial charge on any atom is -0.325 e. The standard InChI is InChI=1S/C18H26N4O2S/c1-5-11-22-17(24)20-21-18(22)25-13(4)16(23)19-15-10-8-7-9-14(15)12(3)6-2/h7-10,12-13H,5-6,11H2,1-4H3,(H,19,23)(H,20,24)/t12-,13+/m0/s1. The minimum absolute atomic E-state index is 0.0979. The summed E-state index contributed by atoms with van der Waals surface area (Å²) in [6, 6.07) is 7.89. The van der Waals surface area contributed by atoms with Crippen LogP contribution >= 0.6 is 11.8 Å². The molecule has 0 aliphatic carbocycles. The fourth-order valence-corrected chi connectivity index (χ4v) is 3.40. The molecule has 2 atom stereocenters. The van der Waals surface area contributed by atoms with Gasteiger partial charge in [-0.15, -0.1) is 5.10 Å². The lowest BCUT2D eigenvalue weighted by molar-refractivity contribution is -0.115. The van der Waals surface area contributed by atoms with Crippen molar-refractivity contribution < 1.29 is 4.79 Å². The van der Waals surface area contributed by atoms with Gasteiger partial charge in [0.2, 0.25) is 5.91 Å². The van der Waals surface area contributed by atoms with Crippen molar-refractivity contribution in [2.75, 3.05) is 5.32 Å². The molecule has 25 heavy (non-hydrogen) atoms. The fourth-order valence-electron chi connectivity index (χ4n) is 2.52. The number of hydrogen-bond acceptors (Lipinski definition) is 4. The summed E-state index contributed by atoms with van der Waals surface area (Å²) in [5, 5.41) is 9.68.